The lowest BCUT2D eigenvalue weighted by Crippen LogP contribution is -1.99. The van der Waals surface area contributed by atoms with E-state index in [2.05, 4.69) is 17.2 Å². The van der Waals surface area contributed by atoms with Crippen LogP contribution in [0.2, 0.25) is 0 Å². The van der Waals surface area contributed by atoms with Crippen molar-refractivity contribution in [2.45, 2.75) is 26.3 Å². The number of para-hydroxylation sites is 1. The molecule has 0 saturated carbocycles. The molecule has 0 unspecified atom stereocenters. The lowest BCUT2D eigenvalue weighted by atomic mass is 10.0. The molecule has 4 nitrogen and oxygen atoms in total. The van der Waals surface area contributed by atoms with E-state index in [9.17, 15) is 5.11 Å². The van der Waals surface area contributed by atoms with Gasteiger partial charge in [0, 0.05) is 17.7 Å². The highest BCUT2D eigenvalue weighted by atomic mass is 16.3. The number of phenolic OH excluding ortho intramolecular Hbond substituents is 1. The molecule has 0 amide bonds. The molecule has 0 saturated heterocycles. The summed E-state index contributed by atoms with van der Waals surface area (Å²) in [6.07, 6.45) is 2.21. The van der Waals surface area contributed by atoms with E-state index >= 15 is 0 Å². The minimum Gasteiger partial charge on any atom is -0.507 e. The molecule has 3 aromatic rings. The molecule has 0 fully saturated rings. The van der Waals surface area contributed by atoms with Crippen molar-refractivity contribution in [2.24, 2.45) is 0 Å². The van der Waals surface area contributed by atoms with Crippen LogP contribution in [-0.2, 0) is 6.54 Å². The monoisotopic (exact) mass is 267 g/mol. The highest BCUT2D eigenvalue weighted by Crippen LogP contribution is 2.33. The first-order valence-electron chi connectivity index (χ1n) is 6.92. The van der Waals surface area contributed by atoms with Gasteiger partial charge in [-0.05, 0) is 18.6 Å². The molecule has 2 aromatic carbocycles. The molecule has 0 aliphatic rings. The van der Waals surface area contributed by atoms with Gasteiger partial charge in [0.15, 0.2) is 0 Å². The molecule has 4 heteroatoms. The quantitative estimate of drug-likeness (QED) is 0.785. The van der Waals surface area contributed by atoms with Crippen LogP contribution in [0.1, 0.15) is 19.8 Å². The summed E-state index contributed by atoms with van der Waals surface area (Å²) >= 11 is 0. The van der Waals surface area contributed by atoms with Gasteiger partial charge >= 0.3 is 0 Å². The third kappa shape index (κ3) is 2.13. The number of rotatable bonds is 4. The van der Waals surface area contributed by atoms with Crippen molar-refractivity contribution in [3.8, 4) is 16.9 Å². The summed E-state index contributed by atoms with van der Waals surface area (Å²) in [6, 6.07) is 13.3. The van der Waals surface area contributed by atoms with Crippen LogP contribution in [0.3, 0.4) is 0 Å². The molecule has 0 aliphatic carbocycles. The van der Waals surface area contributed by atoms with E-state index < -0.39 is 0 Å². The average Bonchev–Trinajstić information content (AvgIpc) is 2.89. The summed E-state index contributed by atoms with van der Waals surface area (Å²) in [5.41, 5.74) is 3.56. The fraction of sp³-hybridized carbons (Fsp3) is 0.250. The second-order valence-corrected chi connectivity index (χ2v) is 4.86. The van der Waals surface area contributed by atoms with Crippen LogP contribution in [0.5, 0.6) is 5.75 Å². The first kappa shape index (κ1) is 12.7. The zero-order valence-corrected chi connectivity index (χ0v) is 11.5. The van der Waals surface area contributed by atoms with Crippen LogP contribution < -0.4 is 0 Å². The van der Waals surface area contributed by atoms with Gasteiger partial charge in [-0.1, -0.05) is 48.9 Å². The Hall–Kier alpha value is -2.36. The summed E-state index contributed by atoms with van der Waals surface area (Å²) in [4.78, 5) is 0. The number of nitrogens with zero attached hydrogens (tertiary/aromatic N) is 3. The molecule has 102 valence electrons. The van der Waals surface area contributed by atoms with Crippen LogP contribution in [0.15, 0.2) is 42.5 Å². The zero-order valence-electron chi connectivity index (χ0n) is 11.5. The Morgan fingerprint density at radius 2 is 1.85 bits per heavy atom. The largest absolute Gasteiger partial charge is 0.507 e. The number of hydrogen-bond donors (Lipinski definition) is 1. The molecular weight excluding hydrogens is 250 g/mol. The van der Waals surface area contributed by atoms with Crippen molar-refractivity contribution in [3.05, 3.63) is 42.5 Å². The third-order valence-corrected chi connectivity index (χ3v) is 3.46. The van der Waals surface area contributed by atoms with Gasteiger partial charge in [0.25, 0.3) is 0 Å². The van der Waals surface area contributed by atoms with Crippen LogP contribution in [0, 0.1) is 0 Å². The van der Waals surface area contributed by atoms with E-state index in [1.54, 1.807) is 6.07 Å². The Morgan fingerprint density at radius 3 is 2.65 bits per heavy atom. The number of hydrogen-bond acceptors (Lipinski definition) is 3. The van der Waals surface area contributed by atoms with Crippen LogP contribution in [-0.4, -0.2) is 20.1 Å². The number of aromatic nitrogens is 3. The van der Waals surface area contributed by atoms with Gasteiger partial charge in [-0.15, -0.1) is 5.10 Å². The number of unbranched alkanes of at least 4 members (excludes halogenated alkanes) is 1. The van der Waals surface area contributed by atoms with Crippen LogP contribution in [0.4, 0.5) is 0 Å². The van der Waals surface area contributed by atoms with Crippen molar-refractivity contribution < 1.29 is 5.11 Å². The molecule has 0 aliphatic heterocycles. The maximum Gasteiger partial charge on any atom is 0.123 e. The predicted octanol–water partition coefficient (Wildman–Crippen LogP) is 3.60. The second-order valence-electron chi connectivity index (χ2n) is 4.86. The fourth-order valence-corrected chi connectivity index (χ4v) is 2.38. The second kappa shape index (κ2) is 5.33. The highest BCUT2D eigenvalue weighted by Gasteiger charge is 2.12. The Kier molecular flexibility index (Phi) is 3.37. The molecule has 1 aromatic heterocycles. The fourth-order valence-electron chi connectivity index (χ4n) is 2.38. The Balaban J connectivity index is 2.13. The Morgan fingerprint density at radius 1 is 1.05 bits per heavy atom. The molecule has 1 N–H and O–H groups in total. The van der Waals surface area contributed by atoms with Gasteiger partial charge < -0.3 is 5.11 Å². The molecule has 1 heterocycles. The van der Waals surface area contributed by atoms with Crippen molar-refractivity contribution in [1.82, 2.24) is 15.0 Å². The minimum absolute atomic E-state index is 0.267. The topological polar surface area (TPSA) is 50.9 Å². The zero-order chi connectivity index (χ0) is 13.9. The number of aryl methyl sites for hydroxylation is 1. The smallest absolute Gasteiger partial charge is 0.123 e. The maximum atomic E-state index is 10.0. The number of fused-ring (bicyclic) bond motifs is 1. The SMILES string of the molecule is CCCCn1nnc2c(-c3ccccc3O)cccc21. The first-order chi connectivity index (χ1) is 9.81. The highest BCUT2D eigenvalue weighted by molar-refractivity contribution is 5.93. The minimum atomic E-state index is 0.267. The number of phenols is 1. The maximum absolute atomic E-state index is 10.0. The van der Waals surface area contributed by atoms with E-state index in [0.717, 1.165) is 41.5 Å². The van der Waals surface area contributed by atoms with Crippen molar-refractivity contribution in [1.29, 1.82) is 0 Å². The standard InChI is InChI=1S/C16H17N3O/c1-2-3-11-19-14-9-6-8-13(16(14)17-18-19)12-7-4-5-10-15(12)20/h4-10,20H,2-3,11H2,1H3. The summed E-state index contributed by atoms with van der Waals surface area (Å²) in [7, 11) is 0. The van der Waals surface area contributed by atoms with Gasteiger partial charge in [-0.2, -0.15) is 0 Å². The van der Waals surface area contributed by atoms with E-state index in [1.807, 2.05) is 41.1 Å². The van der Waals surface area contributed by atoms with E-state index in [0.29, 0.717) is 0 Å². The molecule has 0 spiro atoms. The average molecular weight is 267 g/mol. The van der Waals surface area contributed by atoms with Crippen LogP contribution in [0.25, 0.3) is 22.2 Å². The van der Waals surface area contributed by atoms with Gasteiger partial charge in [0.1, 0.15) is 11.3 Å². The van der Waals surface area contributed by atoms with Gasteiger partial charge in [-0.25, -0.2) is 4.68 Å². The number of aromatic hydroxyl groups is 1. The third-order valence-electron chi connectivity index (χ3n) is 3.46. The van der Waals surface area contributed by atoms with Gasteiger partial charge in [0.05, 0.1) is 5.52 Å². The lowest BCUT2D eigenvalue weighted by molar-refractivity contribution is 0.477. The Labute approximate surface area is 117 Å². The van der Waals surface area contributed by atoms with Crippen molar-refractivity contribution in [2.75, 3.05) is 0 Å². The van der Waals surface area contributed by atoms with E-state index in [4.69, 9.17) is 0 Å². The summed E-state index contributed by atoms with van der Waals surface area (Å²) in [5.74, 6) is 0.267. The van der Waals surface area contributed by atoms with Crippen molar-refractivity contribution in [3.63, 3.8) is 0 Å². The van der Waals surface area contributed by atoms with E-state index in [-0.39, 0.29) is 5.75 Å². The van der Waals surface area contributed by atoms with Gasteiger partial charge in [0.2, 0.25) is 0 Å². The predicted molar refractivity (Wildman–Crippen MR) is 79.5 cm³/mol. The molecule has 0 radical (unpaired) electrons. The molecular formula is C16H17N3O. The first-order valence-corrected chi connectivity index (χ1v) is 6.92. The van der Waals surface area contributed by atoms with Crippen LogP contribution >= 0.6 is 0 Å². The summed E-state index contributed by atoms with van der Waals surface area (Å²) < 4.78 is 1.93. The number of benzene rings is 2. The lowest BCUT2D eigenvalue weighted by Gasteiger charge is -2.05. The molecule has 0 bridgehead atoms. The van der Waals surface area contributed by atoms with Gasteiger partial charge in [-0.3, -0.25) is 0 Å². The Bertz CT molecular complexity index is 733. The molecule has 0 atom stereocenters. The summed E-state index contributed by atoms with van der Waals surface area (Å²) in [5, 5.41) is 18.5. The van der Waals surface area contributed by atoms with Crippen molar-refractivity contribution >= 4 is 11.0 Å². The normalized spacial score (nSPS) is 11.1. The molecule has 20 heavy (non-hydrogen) atoms. The molecule has 3 rings (SSSR count). The van der Waals surface area contributed by atoms with E-state index in [1.165, 1.54) is 0 Å². The summed E-state index contributed by atoms with van der Waals surface area (Å²) in [6.45, 7) is 3.03.